The van der Waals surface area contributed by atoms with Gasteiger partial charge in [0.1, 0.15) is 5.60 Å². The first kappa shape index (κ1) is 13.8. The lowest BCUT2D eigenvalue weighted by molar-refractivity contribution is 0.0488. The van der Waals surface area contributed by atoms with Crippen LogP contribution in [0.15, 0.2) is 30.3 Å². The Bertz CT molecular complexity index is 283. The first-order valence-electron chi connectivity index (χ1n) is 5.25. The maximum atomic E-state index is 11.4. The lowest BCUT2D eigenvalue weighted by atomic mass is 9.97. The molecule has 0 heterocycles. The molecule has 84 valence electrons. The first-order chi connectivity index (χ1) is 6.93. The van der Waals surface area contributed by atoms with Crippen LogP contribution in [0.25, 0.3) is 0 Å². The lowest BCUT2D eigenvalue weighted by Gasteiger charge is -2.14. The Balaban J connectivity index is 0.000000583. The van der Waals surface area contributed by atoms with Gasteiger partial charge in [-0.15, -0.1) is 0 Å². The second-order valence-electron chi connectivity index (χ2n) is 3.96. The van der Waals surface area contributed by atoms with Crippen LogP contribution in [0.5, 0.6) is 0 Å². The normalized spacial score (nSPS) is 10.2. The van der Waals surface area contributed by atoms with E-state index >= 15 is 0 Å². The van der Waals surface area contributed by atoms with E-state index in [2.05, 4.69) is 13.8 Å². The minimum absolute atomic E-state index is 0.247. The third-order valence-corrected chi connectivity index (χ3v) is 1.59. The SMILES string of the molecule is CC(C)(O)C(=O)c1ccccc1.CCC. The highest BCUT2D eigenvalue weighted by Gasteiger charge is 2.24. The smallest absolute Gasteiger partial charge is 0.193 e. The zero-order chi connectivity index (χ0) is 11.9. The average molecular weight is 208 g/mol. The maximum Gasteiger partial charge on any atom is 0.193 e. The van der Waals surface area contributed by atoms with Gasteiger partial charge in [0, 0.05) is 5.56 Å². The van der Waals surface area contributed by atoms with Crippen molar-refractivity contribution in [3.63, 3.8) is 0 Å². The van der Waals surface area contributed by atoms with Crippen LogP contribution in [-0.4, -0.2) is 16.5 Å². The molecule has 0 aliphatic rings. The minimum atomic E-state index is -1.28. The molecule has 1 rings (SSSR count). The summed E-state index contributed by atoms with van der Waals surface area (Å²) in [6, 6.07) is 8.78. The first-order valence-corrected chi connectivity index (χ1v) is 5.25. The van der Waals surface area contributed by atoms with Crippen molar-refractivity contribution in [1.82, 2.24) is 0 Å². The van der Waals surface area contributed by atoms with Crippen LogP contribution in [-0.2, 0) is 0 Å². The maximum absolute atomic E-state index is 11.4. The zero-order valence-corrected chi connectivity index (χ0v) is 9.95. The number of hydrogen-bond acceptors (Lipinski definition) is 2. The van der Waals surface area contributed by atoms with Gasteiger partial charge in [0.15, 0.2) is 5.78 Å². The second-order valence-corrected chi connectivity index (χ2v) is 3.96. The van der Waals surface area contributed by atoms with Gasteiger partial charge in [-0.1, -0.05) is 50.6 Å². The van der Waals surface area contributed by atoms with E-state index in [1.165, 1.54) is 20.3 Å². The Labute approximate surface area is 91.9 Å². The summed E-state index contributed by atoms with van der Waals surface area (Å²) in [5.41, 5.74) is -0.730. The topological polar surface area (TPSA) is 37.3 Å². The van der Waals surface area contributed by atoms with E-state index in [4.69, 9.17) is 0 Å². The largest absolute Gasteiger partial charge is 0.382 e. The van der Waals surface area contributed by atoms with Gasteiger partial charge in [-0.25, -0.2) is 0 Å². The van der Waals surface area contributed by atoms with Gasteiger partial charge in [-0.3, -0.25) is 4.79 Å². The Hall–Kier alpha value is -1.15. The van der Waals surface area contributed by atoms with E-state index in [0.717, 1.165) is 0 Å². The molecule has 0 atom stereocenters. The third-order valence-electron chi connectivity index (χ3n) is 1.59. The highest BCUT2D eigenvalue weighted by atomic mass is 16.3. The minimum Gasteiger partial charge on any atom is -0.382 e. The number of hydrogen-bond donors (Lipinski definition) is 1. The molecule has 1 aromatic rings. The fourth-order valence-electron chi connectivity index (χ4n) is 0.943. The summed E-state index contributed by atoms with van der Waals surface area (Å²) in [5.74, 6) is -0.247. The molecule has 0 aromatic heterocycles. The summed E-state index contributed by atoms with van der Waals surface area (Å²) >= 11 is 0. The number of rotatable bonds is 2. The van der Waals surface area contributed by atoms with Gasteiger partial charge in [-0.2, -0.15) is 0 Å². The standard InChI is InChI=1S/C10H12O2.C3H8/c1-10(2,12)9(11)8-6-4-3-5-7-8;1-3-2/h3-7,12H,1-2H3;3H2,1-2H3. The van der Waals surface area contributed by atoms with Crippen LogP contribution < -0.4 is 0 Å². The van der Waals surface area contributed by atoms with E-state index in [-0.39, 0.29) is 5.78 Å². The van der Waals surface area contributed by atoms with E-state index in [0.29, 0.717) is 5.56 Å². The average Bonchev–Trinajstić information content (AvgIpc) is 2.18. The predicted octanol–water partition coefficient (Wildman–Crippen LogP) is 3.06. The Morgan fingerprint density at radius 1 is 1.20 bits per heavy atom. The molecule has 1 aromatic carbocycles. The van der Waals surface area contributed by atoms with Crippen molar-refractivity contribution in [1.29, 1.82) is 0 Å². The fourth-order valence-corrected chi connectivity index (χ4v) is 0.943. The molecule has 0 fully saturated rings. The Morgan fingerprint density at radius 3 is 1.93 bits per heavy atom. The van der Waals surface area contributed by atoms with Gasteiger partial charge < -0.3 is 5.11 Å². The molecule has 0 bridgehead atoms. The molecular weight excluding hydrogens is 188 g/mol. The molecule has 2 nitrogen and oxygen atoms in total. The highest BCUT2D eigenvalue weighted by Crippen LogP contribution is 2.11. The third kappa shape index (κ3) is 5.33. The molecule has 0 saturated heterocycles. The molecule has 1 N–H and O–H groups in total. The molecule has 0 aliphatic carbocycles. The summed E-state index contributed by atoms with van der Waals surface area (Å²) in [7, 11) is 0. The van der Waals surface area contributed by atoms with Crippen molar-refractivity contribution in [3.8, 4) is 0 Å². The highest BCUT2D eigenvalue weighted by molar-refractivity contribution is 6.01. The molecule has 0 amide bonds. The fraction of sp³-hybridized carbons (Fsp3) is 0.462. The van der Waals surface area contributed by atoms with Crippen molar-refractivity contribution < 1.29 is 9.90 Å². The molecule has 0 saturated carbocycles. The monoisotopic (exact) mass is 208 g/mol. The molecule has 15 heavy (non-hydrogen) atoms. The number of carbonyl (C=O) groups excluding carboxylic acids is 1. The van der Waals surface area contributed by atoms with E-state index in [9.17, 15) is 9.90 Å². The van der Waals surface area contributed by atoms with Gasteiger partial charge >= 0.3 is 0 Å². The number of ketones is 1. The molecule has 0 aliphatic heterocycles. The summed E-state index contributed by atoms with van der Waals surface area (Å²) in [6.45, 7) is 7.23. The number of carbonyl (C=O) groups is 1. The van der Waals surface area contributed by atoms with Crippen LogP contribution in [0.2, 0.25) is 0 Å². The quantitative estimate of drug-likeness (QED) is 0.758. The zero-order valence-electron chi connectivity index (χ0n) is 9.95. The van der Waals surface area contributed by atoms with Crippen molar-refractivity contribution in [2.24, 2.45) is 0 Å². The Morgan fingerprint density at radius 2 is 1.60 bits per heavy atom. The number of benzene rings is 1. The molecular formula is C13H20O2. The van der Waals surface area contributed by atoms with E-state index in [1.807, 2.05) is 6.07 Å². The second kappa shape index (κ2) is 6.36. The van der Waals surface area contributed by atoms with Crippen molar-refractivity contribution in [2.75, 3.05) is 0 Å². The van der Waals surface area contributed by atoms with Gasteiger partial charge in [-0.05, 0) is 13.8 Å². The number of aliphatic hydroxyl groups is 1. The summed E-state index contributed by atoms with van der Waals surface area (Å²) in [5, 5.41) is 9.39. The molecule has 0 unspecified atom stereocenters. The van der Waals surface area contributed by atoms with E-state index in [1.54, 1.807) is 24.3 Å². The van der Waals surface area contributed by atoms with Crippen LogP contribution in [0.4, 0.5) is 0 Å². The van der Waals surface area contributed by atoms with Gasteiger partial charge in [0.05, 0.1) is 0 Å². The summed E-state index contributed by atoms with van der Waals surface area (Å²) in [6.07, 6.45) is 1.25. The number of Topliss-reactive ketones (excluding diaryl/α,β-unsaturated/α-hetero) is 1. The predicted molar refractivity (Wildman–Crippen MR) is 63.0 cm³/mol. The Kier molecular flexibility index (Phi) is 5.87. The van der Waals surface area contributed by atoms with Crippen molar-refractivity contribution >= 4 is 5.78 Å². The van der Waals surface area contributed by atoms with Crippen LogP contribution in [0, 0.1) is 0 Å². The summed E-state index contributed by atoms with van der Waals surface area (Å²) in [4.78, 5) is 11.4. The van der Waals surface area contributed by atoms with Crippen LogP contribution in [0.1, 0.15) is 44.5 Å². The van der Waals surface area contributed by atoms with Crippen molar-refractivity contribution in [2.45, 2.75) is 39.7 Å². The lowest BCUT2D eigenvalue weighted by Crippen LogP contribution is -2.30. The van der Waals surface area contributed by atoms with E-state index < -0.39 is 5.60 Å². The van der Waals surface area contributed by atoms with Crippen LogP contribution >= 0.6 is 0 Å². The molecule has 0 spiro atoms. The molecule has 2 heteroatoms. The summed E-state index contributed by atoms with van der Waals surface area (Å²) < 4.78 is 0. The van der Waals surface area contributed by atoms with Crippen molar-refractivity contribution in [3.05, 3.63) is 35.9 Å². The molecule has 0 radical (unpaired) electrons. The van der Waals surface area contributed by atoms with Gasteiger partial charge in [0.2, 0.25) is 0 Å². The van der Waals surface area contributed by atoms with Crippen LogP contribution in [0.3, 0.4) is 0 Å². The van der Waals surface area contributed by atoms with Gasteiger partial charge in [0.25, 0.3) is 0 Å².